The highest BCUT2D eigenvalue weighted by atomic mass is 16.6. The van der Waals surface area contributed by atoms with Crippen molar-refractivity contribution in [1.82, 2.24) is 0 Å². The van der Waals surface area contributed by atoms with Gasteiger partial charge in [-0.25, -0.2) is 0 Å². The van der Waals surface area contributed by atoms with E-state index in [0.717, 1.165) is 11.1 Å². The molecule has 0 saturated carbocycles. The molecule has 0 amide bonds. The van der Waals surface area contributed by atoms with Crippen molar-refractivity contribution in [1.29, 1.82) is 0 Å². The molecule has 0 bridgehead atoms. The molecule has 1 aliphatic heterocycles. The van der Waals surface area contributed by atoms with E-state index in [0.29, 0.717) is 0 Å². The first-order chi connectivity index (χ1) is 12.0. The second-order valence-electron chi connectivity index (χ2n) is 6.75. The van der Waals surface area contributed by atoms with E-state index < -0.39 is 30.2 Å². The molecule has 0 radical (unpaired) electrons. The smallest absolute Gasteiger partial charge is 0.158 e. The molecule has 1 aliphatic rings. The standard InChI is InChI=1S/C20H24O5/c21-14-17-20(24,12-16-9-5-2-6-10-16)19(23,13-18(22)25-17)11-15-7-3-1-4-8-15/h1-10,17-18,21-24H,11-14H2/t17-,18+,19-,20-/m1/s1. The zero-order valence-corrected chi connectivity index (χ0v) is 14.0. The molecule has 1 fully saturated rings. The van der Waals surface area contributed by atoms with Crippen molar-refractivity contribution in [3.8, 4) is 0 Å². The van der Waals surface area contributed by atoms with Crippen LogP contribution in [0.25, 0.3) is 0 Å². The molecule has 0 aromatic heterocycles. The highest BCUT2D eigenvalue weighted by Crippen LogP contribution is 2.41. The maximum atomic E-state index is 11.4. The molecule has 3 rings (SSSR count). The van der Waals surface area contributed by atoms with Crippen LogP contribution >= 0.6 is 0 Å². The van der Waals surface area contributed by atoms with E-state index in [1.807, 2.05) is 60.7 Å². The van der Waals surface area contributed by atoms with Gasteiger partial charge in [0, 0.05) is 19.3 Å². The molecule has 134 valence electrons. The van der Waals surface area contributed by atoms with Crippen LogP contribution in [-0.4, -0.2) is 50.6 Å². The lowest BCUT2D eigenvalue weighted by Crippen LogP contribution is -2.70. The lowest BCUT2D eigenvalue weighted by molar-refractivity contribution is -0.315. The van der Waals surface area contributed by atoms with Crippen LogP contribution in [0.5, 0.6) is 0 Å². The Balaban J connectivity index is 1.98. The maximum Gasteiger partial charge on any atom is 0.158 e. The molecule has 5 nitrogen and oxygen atoms in total. The predicted molar refractivity (Wildman–Crippen MR) is 92.8 cm³/mol. The molecule has 0 unspecified atom stereocenters. The summed E-state index contributed by atoms with van der Waals surface area (Å²) in [5, 5.41) is 42.5. The number of aliphatic hydroxyl groups excluding tert-OH is 2. The first-order valence-corrected chi connectivity index (χ1v) is 8.44. The zero-order chi connectivity index (χ0) is 17.9. The van der Waals surface area contributed by atoms with Crippen LogP contribution in [0, 0.1) is 0 Å². The van der Waals surface area contributed by atoms with Gasteiger partial charge in [-0.3, -0.25) is 0 Å². The van der Waals surface area contributed by atoms with Crippen LogP contribution < -0.4 is 0 Å². The predicted octanol–water partition coefficient (Wildman–Crippen LogP) is 1.03. The molecule has 5 heteroatoms. The third kappa shape index (κ3) is 3.61. The van der Waals surface area contributed by atoms with Crippen molar-refractivity contribution in [2.75, 3.05) is 6.61 Å². The van der Waals surface area contributed by atoms with E-state index in [4.69, 9.17) is 4.74 Å². The number of hydrogen-bond acceptors (Lipinski definition) is 5. The molecule has 0 aliphatic carbocycles. The minimum absolute atomic E-state index is 0.106. The summed E-state index contributed by atoms with van der Waals surface area (Å²) in [5.74, 6) is 0. The largest absolute Gasteiger partial charge is 0.394 e. The van der Waals surface area contributed by atoms with E-state index in [1.54, 1.807) is 0 Å². The second kappa shape index (κ2) is 7.23. The highest BCUT2D eigenvalue weighted by molar-refractivity contribution is 5.25. The Morgan fingerprint density at radius 1 is 0.880 bits per heavy atom. The average Bonchev–Trinajstić information content (AvgIpc) is 2.60. The molecular formula is C20H24O5. The summed E-state index contributed by atoms with van der Waals surface area (Å²) >= 11 is 0. The van der Waals surface area contributed by atoms with E-state index in [-0.39, 0.29) is 19.3 Å². The van der Waals surface area contributed by atoms with Crippen LogP contribution in [0.15, 0.2) is 60.7 Å². The zero-order valence-electron chi connectivity index (χ0n) is 14.0. The summed E-state index contributed by atoms with van der Waals surface area (Å²) in [4.78, 5) is 0. The first kappa shape index (κ1) is 18.0. The molecule has 1 saturated heterocycles. The van der Waals surface area contributed by atoms with Crippen LogP contribution in [0.1, 0.15) is 17.5 Å². The van der Waals surface area contributed by atoms with Crippen molar-refractivity contribution in [2.45, 2.75) is 42.9 Å². The molecule has 4 N–H and O–H groups in total. The number of ether oxygens (including phenoxy) is 1. The lowest BCUT2D eigenvalue weighted by Gasteiger charge is -2.52. The van der Waals surface area contributed by atoms with Crippen molar-refractivity contribution >= 4 is 0 Å². The fourth-order valence-corrected chi connectivity index (χ4v) is 3.65. The van der Waals surface area contributed by atoms with Crippen molar-refractivity contribution in [2.24, 2.45) is 0 Å². The molecule has 2 aromatic carbocycles. The Morgan fingerprint density at radius 3 is 1.92 bits per heavy atom. The molecule has 2 aromatic rings. The molecular weight excluding hydrogens is 320 g/mol. The summed E-state index contributed by atoms with van der Waals surface area (Å²) in [5.41, 5.74) is -1.73. The maximum absolute atomic E-state index is 11.4. The van der Waals surface area contributed by atoms with E-state index in [1.165, 1.54) is 0 Å². The summed E-state index contributed by atoms with van der Waals surface area (Å²) in [6.07, 6.45) is -2.22. The fraction of sp³-hybridized carbons (Fsp3) is 0.400. The van der Waals surface area contributed by atoms with E-state index in [2.05, 4.69) is 0 Å². The second-order valence-corrected chi connectivity index (χ2v) is 6.75. The van der Waals surface area contributed by atoms with Gasteiger partial charge in [-0.2, -0.15) is 0 Å². The summed E-state index contributed by atoms with van der Waals surface area (Å²) in [7, 11) is 0. The number of aliphatic hydroxyl groups is 4. The van der Waals surface area contributed by atoms with Crippen molar-refractivity contribution in [3.63, 3.8) is 0 Å². The lowest BCUT2D eigenvalue weighted by atomic mass is 9.68. The van der Waals surface area contributed by atoms with Gasteiger partial charge in [0.05, 0.1) is 6.61 Å². The summed E-state index contributed by atoms with van der Waals surface area (Å²) in [6, 6.07) is 18.6. The monoisotopic (exact) mass is 344 g/mol. The van der Waals surface area contributed by atoms with Gasteiger partial charge in [-0.1, -0.05) is 60.7 Å². The van der Waals surface area contributed by atoms with Gasteiger partial charge in [0.25, 0.3) is 0 Å². The van der Waals surface area contributed by atoms with Gasteiger partial charge in [-0.05, 0) is 11.1 Å². The van der Waals surface area contributed by atoms with Gasteiger partial charge in [-0.15, -0.1) is 0 Å². The summed E-state index contributed by atoms with van der Waals surface area (Å²) in [6.45, 7) is -0.502. The fourth-order valence-electron chi connectivity index (χ4n) is 3.65. The third-order valence-electron chi connectivity index (χ3n) is 4.99. The molecule has 25 heavy (non-hydrogen) atoms. The Bertz CT molecular complexity index is 677. The number of benzene rings is 2. The SMILES string of the molecule is OC[C@H]1O[C@H](O)C[C@](O)(Cc2ccccc2)[C@@]1(O)Cc1ccccc1. The number of rotatable bonds is 5. The van der Waals surface area contributed by atoms with E-state index >= 15 is 0 Å². The first-order valence-electron chi connectivity index (χ1n) is 8.44. The molecule has 0 spiro atoms. The molecule has 1 heterocycles. The quantitative estimate of drug-likeness (QED) is 0.651. The normalized spacial score (nSPS) is 32.5. The van der Waals surface area contributed by atoms with Gasteiger partial charge in [0.1, 0.15) is 17.3 Å². The van der Waals surface area contributed by atoms with Gasteiger partial charge in [0.2, 0.25) is 0 Å². The van der Waals surface area contributed by atoms with Gasteiger partial charge < -0.3 is 25.2 Å². The average molecular weight is 344 g/mol. The third-order valence-corrected chi connectivity index (χ3v) is 4.99. The van der Waals surface area contributed by atoms with Crippen LogP contribution in [0.2, 0.25) is 0 Å². The topological polar surface area (TPSA) is 90.2 Å². The minimum atomic E-state index is -1.74. The Labute approximate surface area is 147 Å². The van der Waals surface area contributed by atoms with Gasteiger partial charge in [0.15, 0.2) is 6.29 Å². The highest BCUT2D eigenvalue weighted by Gasteiger charge is 2.59. The summed E-state index contributed by atoms with van der Waals surface area (Å²) < 4.78 is 5.35. The van der Waals surface area contributed by atoms with Crippen LogP contribution in [0.4, 0.5) is 0 Å². The minimum Gasteiger partial charge on any atom is -0.394 e. The number of hydrogen-bond donors (Lipinski definition) is 4. The molecule has 4 atom stereocenters. The van der Waals surface area contributed by atoms with E-state index in [9.17, 15) is 20.4 Å². The van der Waals surface area contributed by atoms with Crippen molar-refractivity contribution in [3.05, 3.63) is 71.8 Å². The Morgan fingerprint density at radius 2 is 1.40 bits per heavy atom. The van der Waals surface area contributed by atoms with Crippen LogP contribution in [0.3, 0.4) is 0 Å². The van der Waals surface area contributed by atoms with Crippen LogP contribution in [-0.2, 0) is 17.6 Å². The van der Waals surface area contributed by atoms with Crippen molar-refractivity contribution < 1.29 is 25.2 Å². The van der Waals surface area contributed by atoms with Gasteiger partial charge >= 0.3 is 0 Å². The Kier molecular flexibility index (Phi) is 5.22. The Hall–Kier alpha value is -1.76.